The molecular weight excluding hydrogens is 359 g/mol. The molecule has 2 atom stereocenters. The molecule has 10 heteroatoms. The van der Waals surface area contributed by atoms with Gasteiger partial charge in [0.25, 0.3) is 0 Å². The van der Waals surface area contributed by atoms with Gasteiger partial charge in [0.1, 0.15) is 5.82 Å². The molecule has 0 radical (unpaired) electrons. The Hall–Kier alpha value is -3.01. The molecule has 1 aromatic carbocycles. The van der Waals surface area contributed by atoms with E-state index >= 15 is 0 Å². The maximum Gasteiger partial charge on any atom is 0.328 e. The van der Waals surface area contributed by atoms with Crippen LogP contribution in [-0.4, -0.2) is 49.1 Å². The number of halogens is 1. The zero-order valence-corrected chi connectivity index (χ0v) is 14.7. The molecule has 2 heterocycles. The van der Waals surface area contributed by atoms with Gasteiger partial charge in [-0.25, -0.2) is 9.18 Å². The molecule has 0 saturated carbocycles. The van der Waals surface area contributed by atoms with E-state index in [0.29, 0.717) is 18.8 Å². The first kappa shape index (κ1) is 18.8. The molecule has 2 saturated heterocycles. The zero-order valence-electron chi connectivity index (χ0n) is 14.7. The van der Waals surface area contributed by atoms with Gasteiger partial charge < -0.3 is 15.0 Å². The van der Waals surface area contributed by atoms with Crippen LogP contribution in [-0.2, 0) is 19.1 Å². The number of barbiturate groups is 1. The topological polar surface area (TPSA) is 117 Å². The van der Waals surface area contributed by atoms with Crippen molar-refractivity contribution in [1.29, 1.82) is 0 Å². The minimum absolute atomic E-state index is 0.0430. The van der Waals surface area contributed by atoms with Crippen LogP contribution in [0.4, 0.5) is 20.6 Å². The summed E-state index contributed by atoms with van der Waals surface area (Å²) in [6.07, 6.45) is -0.0860. The molecule has 144 valence electrons. The molecule has 3 rings (SSSR count). The third-order valence-corrected chi connectivity index (χ3v) is 4.24. The van der Waals surface area contributed by atoms with Gasteiger partial charge in [-0.2, -0.15) is 0 Å². The van der Waals surface area contributed by atoms with E-state index in [-0.39, 0.29) is 17.9 Å². The number of anilines is 2. The number of rotatable bonds is 3. The van der Waals surface area contributed by atoms with Crippen LogP contribution in [0.1, 0.15) is 13.8 Å². The van der Waals surface area contributed by atoms with Crippen molar-refractivity contribution in [3.63, 3.8) is 0 Å². The second-order valence-electron chi connectivity index (χ2n) is 6.56. The lowest BCUT2D eigenvalue weighted by molar-refractivity contribution is -0.141. The average Bonchev–Trinajstić information content (AvgIpc) is 2.52. The van der Waals surface area contributed by atoms with Crippen LogP contribution in [0.3, 0.4) is 0 Å². The number of nitrogens with zero attached hydrogens (tertiary/aromatic N) is 1. The number of carbonyl (C=O) groups is 4. The van der Waals surface area contributed by atoms with Crippen molar-refractivity contribution in [1.82, 2.24) is 10.6 Å². The Morgan fingerprint density at radius 1 is 1.15 bits per heavy atom. The number of hydrogen-bond donors (Lipinski definition) is 3. The van der Waals surface area contributed by atoms with E-state index in [1.54, 1.807) is 0 Å². The van der Waals surface area contributed by atoms with E-state index < -0.39 is 35.5 Å². The van der Waals surface area contributed by atoms with Crippen molar-refractivity contribution in [2.45, 2.75) is 26.1 Å². The summed E-state index contributed by atoms with van der Waals surface area (Å²) in [7, 11) is 0. The number of urea groups is 1. The number of carbonyl (C=O) groups excluding carboxylic acids is 4. The normalized spacial score (nSPS) is 23.7. The number of nitrogens with one attached hydrogen (secondary N) is 3. The molecule has 0 unspecified atom stereocenters. The van der Waals surface area contributed by atoms with Crippen LogP contribution < -0.4 is 20.9 Å². The standard InChI is InChI=1S/C17H19FN4O5/c1-8-6-22(7-9(2)27-8)12-4-3-10(5-11(12)18)19-14(23)13-15(24)20-17(26)21-16(13)25/h3-5,8-9,13H,6-7H2,1-2H3,(H,19,23)(H2,20,21,24,25,26)/t8-,9+. The molecule has 2 fully saturated rings. The third kappa shape index (κ3) is 4.05. The molecule has 0 aliphatic carbocycles. The number of morpholine rings is 1. The third-order valence-electron chi connectivity index (χ3n) is 4.24. The second kappa shape index (κ2) is 7.31. The lowest BCUT2D eigenvalue weighted by Gasteiger charge is -2.37. The van der Waals surface area contributed by atoms with Crippen LogP contribution in [0.5, 0.6) is 0 Å². The predicted octanol–water partition coefficient (Wildman–Crippen LogP) is 0.360. The minimum atomic E-state index is -1.73. The fraction of sp³-hybridized carbons (Fsp3) is 0.412. The maximum atomic E-state index is 14.5. The van der Waals surface area contributed by atoms with Crippen molar-refractivity contribution in [2.24, 2.45) is 5.92 Å². The van der Waals surface area contributed by atoms with Crippen molar-refractivity contribution in [3.05, 3.63) is 24.0 Å². The van der Waals surface area contributed by atoms with Crippen LogP contribution in [0.2, 0.25) is 0 Å². The summed E-state index contributed by atoms with van der Waals surface area (Å²) in [6, 6.07) is 3.12. The maximum absolute atomic E-state index is 14.5. The van der Waals surface area contributed by atoms with E-state index in [1.807, 2.05) is 29.4 Å². The lowest BCUT2D eigenvalue weighted by atomic mass is 10.1. The first-order valence-corrected chi connectivity index (χ1v) is 8.41. The van der Waals surface area contributed by atoms with Crippen LogP contribution in [0.25, 0.3) is 0 Å². The van der Waals surface area contributed by atoms with Gasteiger partial charge >= 0.3 is 6.03 Å². The quantitative estimate of drug-likeness (QED) is 0.654. The number of ether oxygens (including phenoxy) is 1. The first-order chi connectivity index (χ1) is 12.7. The predicted molar refractivity (Wildman–Crippen MR) is 92.4 cm³/mol. The monoisotopic (exact) mass is 378 g/mol. The summed E-state index contributed by atoms with van der Waals surface area (Å²) in [4.78, 5) is 48.4. The Labute approximate surface area is 154 Å². The number of imide groups is 2. The molecule has 2 aliphatic heterocycles. The van der Waals surface area contributed by atoms with Crippen molar-refractivity contribution < 1.29 is 28.3 Å². The second-order valence-corrected chi connectivity index (χ2v) is 6.56. The molecule has 27 heavy (non-hydrogen) atoms. The molecule has 9 nitrogen and oxygen atoms in total. The molecule has 0 bridgehead atoms. The largest absolute Gasteiger partial charge is 0.372 e. The number of benzene rings is 1. The van der Waals surface area contributed by atoms with E-state index in [1.165, 1.54) is 12.1 Å². The fourth-order valence-electron chi connectivity index (χ4n) is 3.19. The fourth-order valence-corrected chi connectivity index (χ4v) is 3.19. The highest BCUT2D eigenvalue weighted by atomic mass is 19.1. The molecule has 5 amide bonds. The van der Waals surface area contributed by atoms with Gasteiger partial charge in [0.2, 0.25) is 17.7 Å². The van der Waals surface area contributed by atoms with Crippen LogP contribution in [0.15, 0.2) is 18.2 Å². The Kier molecular flexibility index (Phi) is 5.08. The smallest absolute Gasteiger partial charge is 0.328 e. The zero-order chi connectivity index (χ0) is 19.7. The van der Waals surface area contributed by atoms with Gasteiger partial charge in [-0.15, -0.1) is 0 Å². The highest BCUT2D eigenvalue weighted by Gasteiger charge is 2.40. The van der Waals surface area contributed by atoms with Crippen molar-refractivity contribution in [3.8, 4) is 0 Å². The summed E-state index contributed by atoms with van der Waals surface area (Å²) in [5, 5.41) is 5.99. The van der Waals surface area contributed by atoms with Crippen LogP contribution >= 0.6 is 0 Å². The number of hydrogen-bond acceptors (Lipinski definition) is 6. The Bertz CT molecular complexity index is 785. The minimum Gasteiger partial charge on any atom is -0.372 e. The number of amides is 5. The Balaban J connectivity index is 1.72. The van der Waals surface area contributed by atoms with Crippen LogP contribution in [0, 0.1) is 11.7 Å². The lowest BCUT2D eigenvalue weighted by Crippen LogP contribution is -2.58. The SMILES string of the molecule is C[C@@H]1CN(c2ccc(NC(=O)C3C(=O)NC(=O)NC3=O)cc2F)C[C@H](C)O1. The van der Waals surface area contributed by atoms with Gasteiger partial charge in [0, 0.05) is 18.8 Å². The van der Waals surface area contributed by atoms with E-state index in [9.17, 15) is 23.6 Å². The summed E-state index contributed by atoms with van der Waals surface area (Å²) < 4.78 is 20.2. The molecule has 2 aliphatic rings. The van der Waals surface area contributed by atoms with Crippen molar-refractivity contribution in [2.75, 3.05) is 23.3 Å². The summed E-state index contributed by atoms with van der Waals surface area (Å²) >= 11 is 0. The molecule has 3 N–H and O–H groups in total. The van der Waals surface area contributed by atoms with Crippen molar-refractivity contribution >= 4 is 35.1 Å². The highest BCUT2D eigenvalue weighted by Crippen LogP contribution is 2.26. The van der Waals surface area contributed by atoms with Gasteiger partial charge in [-0.1, -0.05) is 0 Å². The van der Waals surface area contributed by atoms with Gasteiger partial charge in [-0.3, -0.25) is 25.0 Å². The molecule has 0 spiro atoms. The average molecular weight is 378 g/mol. The Morgan fingerprint density at radius 2 is 1.74 bits per heavy atom. The first-order valence-electron chi connectivity index (χ1n) is 8.41. The molecule has 1 aromatic rings. The Morgan fingerprint density at radius 3 is 2.30 bits per heavy atom. The van der Waals surface area contributed by atoms with E-state index in [0.717, 1.165) is 6.07 Å². The highest BCUT2D eigenvalue weighted by molar-refractivity contribution is 6.28. The summed E-state index contributed by atoms with van der Waals surface area (Å²) in [5.74, 6) is -5.31. The summed E-state index contributed by atoms with van der Waals surface area (Å²) in [6.45, 7) is 4.87. The molecular formula is C17H19FN4O5. The summed E-state index contributed by atoms with van der Waals surface area (Å²) in [5.41, 5.74) is 0.460. The van der Waals surface area contributed by atoms with Gasteiger partial charge in [-0.05, 0) is 32.0 Å². The van der Waals surface area contributed by atoms with Gasteiger partial charge in [0.05, 0.1) is 17.9 Å². The van der Waals surface area contributed by atoms with E-state index in [2.05, 4.69) is 5.32 Å². The molecule has 0 aromatic heterocycles. The van der Waals surface area contributed by atoms with E-state index in [4.69, 9.17) is 4.74 Å². The van der Waals surface area contributed by atoms with Gasteiger partial charge in [0.15, 0.2) is 5.92 Å².